The van der Waals surface area contributed by atoms with Gasteiger partial charge in [-0.1, -0.05) is 12.1 Å². The lowest BCUT2D eigenvalue weighted by atomic mass is 10.1. The van der Waals surface area contributed by atoms with Gasteiger partial charge in [0.2, 0.25) is 6.79 Å². The van der Waals surface area contributed by atoms with E-state index in [1.165, 1.54) is 24.4 Å². The number of carbonyl (C=O) groups is 1. The van der Waals surface area contributed by atoms with Gasteiger partial charge in [-0.05, 0) is 35.9 Å². The number of benzene rings is 2. The summed E-state index contributed by atoms with van der Waals surface area (Å²) < 4.78 is 47.7. The van der Waals surface area contributed by atoms with Crippen molar-refractivity contribution in [2.75, 3.05) is 6.79 Å². The number of rotatable bonds is 3. The van der Waals surface area contributed by atoms with Gasteiger partial charge in [0.25, 0.3) is 5.91 Å². The Labute approximate surface area is 134 Å². The van der Waals surface area contributed by atoms with E-state index in [0.29, 0.717) is 22.6 Å². The number of carbonyl (C=O) groups excluding carboxylic acids is 1. The van der Waals surface area contributed by atoms with E-state index >= 15 is 0 Å². The summed E-state index contributed by atoms with van der Waals surface area (Å²) in [5, 5.41) is 3.73. The maximum Gasteiger partial charge on any atom is 0.416 e. The summed E-state index contributed by atoms with van der Waals surface area (Å²) in [7, 11) is 0. The highest BCUT2D eigenvalue weighted by molar-refractivity contribution is 5.95. The molecule has 0 radical (unpaired) electrons. The lowest BCUT2D eigenvalue weighted by molar-refractivity contribution is -0.137. The van der Waals surface area contributed by atoms with Crippen molar-refractivity contribution in [3.8, 4) is 11.5 Å². The van der Waals surface area contributed by atoms with Crippen LogP contribution in [0.2, 0.25) is 0 Å². The number of nitrogens with one attached hydrogen (secondary N) is 1. The molecule has 5 nitrogen and oxygen atoms in total. The monoisotopic (exact) mass is 336 g/mol. The van der Waals surface area contributed by atoms with E-state index in [1.54, 1.807) is 12.1 Å². The SMILES string of the molecule is O=C(NN=Cc1ccc(C(F)(F)F)cc1)c1ccc2c(c1)OCO2. The molecule has 0 bridgehead atoms. The Kier molecular flexibility index (Phi) is 4.11. The molecule has 1 heterocycles. The molecule has 0 aliphatic carbocycles. The Hall–Kier alpha value is -3.03. The van der Waals surface area contributed by atoms with Crippen LogP contribution in [-0.2, 0) is 6.18 Å². The molecule has 124 valence electrons. The van der Waals surface area contributed by atoms with Gasteiger partial charge in [-0.2, -0.15) is 18.3 Å². The molecule has 0 aromatic heterocycles. The fourth-order valence-corrected chi connectivity index (χ4v) is 2.03. The van der Waals surface area contributed by atoms with Crippen LogP contribution in [0.1, 0.15) is 21.5 Å². The summed E-state index contributed by atoms with van der Waals surface area (Å²) in [6.07, 6.45) is -3.13. The number of hydrazone groups is 1. The van der Waals surface area contributed by atoms with E-state index in [0.717, 1.165) is 12.1 Å². The predicted molar refractivity (Wildman–Crippen MR) is 79.1 cm³/mol. The maximum atomic E-state index is 12.5. The number of fused-ring (bicyclic) bond motifs is 1. The van der Waals surface area contributed by atoms with Gasteiger partial charge in [0.1, 0.15) is 0 Å². The van der Waals surface area contributed by atoms with Crippen LogP contribution in [-0.4, -0.2) is 18.9 Å². The van der Waals surface area contributed by atoms with Gasteiger partial charge in [-0.15, -0.1) is 0 Å². The third kappa shape index (κ3) is 3.48. The second-order valence-electron chi connectivity index (χ2n) is 4.89. The molecule has 0 fully saturated rings. The summed E-state index contributed by atoms with van der Waals surface area (Å²) in [6, 6.07) is 9.10. The molecular weight excluding hydrogens is 325 g/mol. The predicted octanol–water partition coefficient (Wildman–Crippen LogP) is 3.20. The molecule has 1 aliphatic rings. The van der Waals surface area contributed by atoms with Gasteiger partial charge in [0.05, 0.1) is 11.8 Å². The molecule has 3 rings (SSSR count). The van der Waals surface area contributed by atoms with Crippen molar-refractivity contribution in [3.63, 3.8) is 0 Å². The highest BCUT2D eigenvalue weighted by Gasteiger charge is 2.29. The minimum atomic E-state index is -4.39. The van der Waals surface area contributed by atoms with Gasteiger partial charge in [-0.3, -0.25) is 4.79 Å². The standard InChI is InChI=1S/C16H11F3N2O3/c17-16(18,19)12-4-1-10(2-5-12)8-20-21-15(22)11-3-6-13-14(7-11)24-9-23-13/h1-8H,9H2,(H,21,22). The fourth-order valence-electron chi connectivity index (χ4n) is 2.03. The average Bonchev–Trinajstić information content (AvgIpc) is 3.02. The van der Waals surface area contributed by atoms with E-state index in [4.69, 9.17) is 9.47 Å². The zero-order valence-corrected chi connectivity index (χ0v) is 12.1. The quantitative estimate of drug-likeness (QED) is 0.692. The van der Waals surface area contributed by atoms with Crippen molar-refractivity contribution in [1.29, 1.82) is 0 Å². The van der Waals surface area contributed by atoms with Gasteiger partial charge in [0.15, 0.2) is 11.5 Å². The van der Waals surface area contributed by atoms with Crippen molar-refractivity contribution >= 4 is 12.1 Å². The number of nitrogens with zero attached hydrogens (tertiary/aromatic N) is 1. The van der Waals surface area contributed by atoms with Crippen LogP contribution in [0, 0.1) is 0 Å². The number of amides is 1. The molecule has 2 aromatic carbocycles. The first-order valence-electron chi connectivity index (χ1n) is 6.84. The molecule has 0 spiro atoms. The average molecular weight is 336 g/mol. The lowest BCUT2D eigenvalue weighted by Crippen LogP contribution is -2.17. The molecule has 24 heavy (non-hydrogen) atoms. The van der Waals surface area contributed by atoms with E-state index in [-0.39, 0.29) is 6.79 Å². The van der Waals surface area contributed by atoms with Crippen molar-refractivity contribution in [1.82, 2.24) is 5.43 Å². The molecule has 1 aliphatic heterocycles. The van der Waals surface area contributed by atoms with Crippen molar-refractivity contribution in [2.24, 2.45) is 5.10 Å². The zero-order chi connectivity index (χ0) is 17.2. The lowest BCUT2D eigenvalue weighted by Gasteiger charge is -2.05. The molecule has 1 amide bonds. The van der Waals surface area contributed by atoms with Crippen molar-refractivity contribution < 1.29 is 27.4 Å². The summed E-state index contributed by atoms with van der Waals surface area (Å²) in [6.45, 7) is 0.104. The molecule has 0 saturated carbocycles. The van der Waals surface area contributed by atoms with Crippen molar-refractivity contribution in [3.05, 3.63) is 59.2 Å². The van der Waals surface area contributed by atoms with Gasteiger partial charge >= 0.3 is 6.18 Å². The third-order valence-corrected chi connectivity index (χ3v) is 3.25. The Morgan fingerprint density at radius 1 is 1.08 bits per heavy atom. The number of hydrogen-bond donors (Lipinski definition) is 1. The Morgan fingerprint density at radius 3 is 2.50 bits per heavy atom. The van der Waals surface area contributed by atoms with Gasteiger partial charge in [-0.25, -0.2) is 5.43 Å². The van der Waals surface area contributed by atoms with Crippen molar-refractivity contribution in [2.45, 2.75) is 6.18 Å². The van der Waals surface area contributed by atoms with Crippen LogP contribution in [0.15, 0.2) is 47.6 Å². The summed E-state index contributed by atoms with van der Waals surface area (Å²) in [5.41, 5.74) is 2.30. The van der Waals surface area contributed by atoms with Crippen LogP contribution in [0.4, 0.5) is 13.2 Å². The van der Waals surface area contributed by atoms with Crippen LogP contribution < -0.4 is 14.9 Å². The van der Waals surface area contributed by atoms with E-state index < -0.39 is 17.6 Å². The Bertz CT molecular complexity index is 786. The molecule has 0 unspecified atom stereocenters. The smallest absolute Gasteiger partial charge is 0.416 e. The van der Waals surface area contributed by atoms with Crippen LogP contribution in [0.3, 0.4) is 0 Å². The topological polar surface area (TPSA) is 59.9 Å². The van der Waals surface area contributed by atoms with Crippen LogP contribution in [0.25, 0.3) is 0 Å². The first kappa shape index (κ1) is 15.9. The largest absolute Gasteiger partial charge is 0.454 e. The number of alkyl halides is 3. The molecule has 0 atom stereocenters. The second kappa shape index (κ2) is 6.23. The third-order valence-electron chi connectivity index (χ3n) is 3.25. The highest BCUT2D eigenvalue weighted by Crippen LogP contribution is 2.32. The fraction of sp³-hybridized carbons (Fsp3) is 0.125. The minimum absolute atomic E-state index is 0.104. The number of hydrogen-bond acceptors (Lipinski definition) is 4. The van der Waals surface area contributed by atoms with Gasteiger partial charge < -0.3 is 9.47 Å². The molecule has 2 aromatic rings. The Balaban J connectivity index is 1.62. The van der Waals surface area contributed by atoms with Crippen LogP contribution in [0.5, 0.6) is 11.5 Å². The first-order valence-corrected chi connectivity index (χ1v) is 6.84. The molecule has 0 saturated heterocycles. The maximum absolute atomic E-state index is 12.5. The zero-order valence-electron chi connectivity index (χ0n) is 12.1. The number of halogens is 3. The van der Waals surface area contributed by atoms with Gasteiger partial charge in [0, 0.05) is 5.56 Å². The van der Waals surface area contributed by atoms with E-state index in [2.05, 4.69) is 10.5 Å². The summed E-state index contributed by atoms with van der Waals surface area (Å²) in [5.74, 6) is 0.547. The molecule has 8 heteroatoms. The molecule has 1 N–H and O–H groups in total. The van der Waals surface area contributed by atoms with Crippen LogP contribution >= 0.6 is 0 Å². The Morgan fingerprint density at radius 2 is 1.79 bits per heavy atom. The number of ether oxygens (including phenoxy) is 2. The first-order chi connectivity index (χ1) is 11.4. The summed E-state index contributed by atoms with van der Waals surface area (Å²) in [4.78, 5) is 12.0. The normalized spacial score (nSPS) is 13.3. The van der Waals surface area contributed by atoms with E-state index in [9.17, 15) is 18.0 Å². The van der Waals surface area contributed by atoms with E-state index in [1.807, 2.05) is 0 Å². The second-order valence-corrected chi connectivity index (χ2v) is 4.89. The molecular formula is C16H11F3N2O3. The minimum Gasteiger partial charge on any atom is -0.454 e. The highest BCUT2D eigenvalue weighted by atomic mass is 19.4. The summed E-state index contributed by atoms with van der Waals surface area (Å²) >= 11 is 0.